The summed E-state index contributed by atoms with van der Waals surface area (Å²) in [5.74, 6) is 0. The molecule has 0 spiro atoms. The van der Waals surface area contributed by atoms with Crippen molar-refractivity contribution in [2.45, 2.75) is 63.2 Å². The molecule has 1 saturated carbocycles. The lowest BCUT2D eigenvalue weighted by molar-refractivity contribution is -0.0844. The average Bonchev–Trinajstić information content (AvgIpc) is 2.35. The molecule has 3 aliphatic rings. The van der Waals surface area contributed by atoms with Crippen molar-refractivity contribution in [3.05, 3.63) is 0 Å². The van der Waals surface area contributed by atoms with Crippen LogP contribution in [0.1, 0.15) is 44.9 Å². The van der Waals surface area contributed by atoms with E-state index in [0.717, 1.165) is 6.04 Å². The molecule has 3 fully saturated rings. The van der Waals surface area contributed by atoms with E-state index in [2.05, 4.69) is 10.2 Å². The van der Waals surface area contributed by atoms with Gasteiger partial charge in [-0.1, -0.05) is 0 Å². The highest BCUT2D eigenvalue weighted by Crippen LogP contribution is 2.27. The maximum Gasteiger partial charge on any atom is 0.0706 e. The molecular formula is C14H26N2O. The van der Waals surface area contributed by atoms with Crippen molar-refractivity contribution < 1.29 is 4.74 Å². The number of nitrogens with one attached hydrogen (secondary N) is 1. The van der Waals surface area contributed by atoms with E-state index in [1.54, 1.807) is 0 Å². The predicted molar refractivity (Wildman–Crippen MR) is 69.2 cm³/mol. The molecule has 2 saturated heterocycles. The third-order valence-corrected chi connectivity index (χ3v) is 4.67. The maximum absolute atomic E-state index is 6.19. The van der Waals surface area contributed by atoms with Crippen molar-refractivity contribution >= 4 is 0 Å². The summed E-state index contributed by atoms with van der Waals surface area (Å²) in [5, 5.41) is 3.46. The third-order valence-electron chi connectivity index (χ3n) is 4.67. The number of hydrogen-bond donors (Lipinski definition) is 1. The van der Waals surface area contributed by atoms with Gasteiger partial charge in [0.05, 0.1) is 12.2 Å². The van der Waals surface area contributed by atoms with Crippen LogP contribution in [0.25, 0.3) is 0 Å². The highest BCUT2D eigenvalue weighted by Gasteiger charge is 2.29. The Labute approximate surface area is 105 Å². The molecule has 1 unspecified atom stereocenters. The summed E-state index contributed by atoms with van der Waals surface area (Å²) in [4.78, 5) is 2.70. The normalized spacial score (nSPS) is 33.5. The Morgan fingerprint density at radius 1 is 0.882 bits per heavy atom. The molecule has 0 aromatic heterocycles. The summed E-state index contributed by atoms with van der Waals surface area (Å²) < 4.78 is 6.19. The summed E-state index contributed by atoms with van der Waals surface area (Å²) >= 11 is 0. The first kappa shape index (κ1) is 11.9. The molecule has 17 heavy (non-hydrogen) atoms. The summed E-state index contributed by atoms with van der Waals surface area (Å²) in [7, 11) is 0. The molecule has 2 aliphatic heterocycles. The summed E-state index contributed by atoms with van der Waals surface area (Å²) in [6.45, 7) is 4.90. The smallest absolute Gasteiger partial charge is 0.0706 e. The van der Waals surface area contributed by atoms with Crippen molar-refractivity contribution in [3.63, 3.8) is 0 Å². The Hall–Kier alpha value is -0.120. The van der Waals surface area contributed by atoms with Crippen LogP contribution in [-0.2, 0) is 4.74 Å². The Bertz CT molecular complexity index is 236. The van der Waals surface area contributed by atoms with Gasteiger partial charge in [0, 0.05) is 12.6 Å². The molecule has 0 radical (unpaired) electrons. The molecule has 1 atom stereocenters. The van der Waals surface area contributed by atoms with Gasteiger partial charge in [-0.2, -0.15) is 0 Å². The second-order valence-electron chi connectivity index (χ2n) is 5.93. The van der Waals surface area contributed by atoms with E-state index >= 15 is 0 Å². The van der Waals surface area contributed by atoms with E-state index in [1.807, 2.05) is 0 Å². The standard InChI is InChI=1S/C14H26N2O/c1-3-13(4-1)17-14-5-2-10-16(11-14)12-6-8-15-9-7-12/h12-15H,1-11H2. The van der Waals surface area contributed by atoms with Gasteiger partial charge in [-0.3, -0.25) is 4.90 Å². The third kappa shape index (κ3) is 3.01. The molecule has 3 heteroatoms. The van der Waals surface area contributed by atoms with Crippen molar-refractivity contribution in [1.82, 2.24) is 10.2 Å². The van der Waals surface area contributed by atoms with E-state index in [4.69, 9.17) is 4.74 Å². The quantitative estimate of drug-likeness (QED) is 0.811. The first-order valence-electron chi connectivity index (χ1n) is 7.52. The van der Waals surface area contributed by atoms with Crippen LogP contribution in [-0.4, -0.2) is 49.3 Å². The fourth-order valence-electron chi connectivity index (χ4n) is 3.36. The fraction of sp³-hybridized carbons (Fsp3) is 1.00. The molecule has 0 aromatic rings. The van der Waals surface area contributed by atoms with E-state index < -0.39 is 0 Å². The van der Waals surface area contributed by atoms with Gasteiger partial charge in [0.2, 0.25) is 0 Å². The maximum atomic E-state index is 6.19. The van der Waals surface area contributed by atoms with E-state index in [9.17, 15) is 0 Å². The molecule has 3 nitrogen and oxygen atoms in total. The lowest BCUT2D eigenvalue weighted by atomic mass is 9.95. The zero-order chi connectivity index (χ0) is 11.5. The average molecular weight is 238 g/mol. The second kappa shape index (κ2) is 5.68. The SMILES string of the molecule is C1CC(OC2CCCN(C3CCNCC3)C2)C1. The molecule has 0 bridgehead atoms. The minimum Gasteiger partial charge on any atom is -0.374 e. The number of hydrogen-bond acceptors (Lipinski definition) is 3. The highest BCUT2D eigenvalue weighted by molar-refractivity contribution is 4.84. The van der Waals surface area contributed by atoms with Crippen molar-refractivity contribution in [1.29, 1.82) is 0 Å². The van der Waals surface area contributed by atoms with Gasteiger partial charge in [-0.05, 0) is 64.6 Å². The molecule has 98 valence electrons. The molecule has 3 rings (SSSR count). The Kier molecular flexibility index (Phi) is 3.99. The van der Waals surface area contributed by atoms with Gasteiger partial charge in [0.25, 0.3) is 0 Å². The van der Waals surface area contributed by atoms with Crippen LogP contribution in [0.2, 0.25) is 0 Å². The van der Waals surface area contributed by atoms with Crippen LogP contribution in [0.4, 0.5) is 0 Å². The van der Waals surface area contributed by atoms with Gasteiger partial charge in [-0.25, -0.2) is 0 Å². The highest BCUT2D eigenvalue weighted by atomic mass is 16.5. The van der Waals surface area contributed by atoms with E-state index in [0.29, 0.717) is 12.2 Å². The van der Waals surface area contributed by atoms with Gasteiger partial charge in [-0.15, -0.1) is 0 Å². The first-order valence-corrected chi connectivity index (χ1v) is 7.52. The van der Waals surface area contributed by atoms with Gasteiger partial charge >= 0.3 is 0 Å². The van der Waals surface area contributed by atoms with E-state index in [-0.39, 0.29) is 0 Å². The number of piperidine rings is 2. The lowest BCUT2D eigenvalue weighted by Crippen LogP contribution is -2.50. The number of rotatable bonds is 3. The zero-order valence-electron chi connectivity index (χ0n) is 10.9. The van der Waals surface area contributed by atoms with Gasteiger partial charge in [0.15, 0.2) is 0 Å². The summed E-state index contributed by atoms with van der Waals surface area (Å²) in [6, 6.07) is 0.823. The monoisotopic (exact) mass is 238 g/mol. The number of ether oxygens (including phenoxy) is 1. The van der Waals surface area contributed by atoms with Gasteiger partial charge < -0.3 is 10.1 Å². The van der Waals surface area contributed by atoms with Crippen LogP contribution in [0, 0.1) is 0 Å². The molecule has 0 aromatic carbocycles. The Morgan fingerprint density at radius 2 is 1.65 bits per heavy atom. The number of likely N-dealkylation sites (tertiary alicyclic amines) is 1. The summed E-state index contributed by atoms with van der Waals surface area (Å²) in [6.07, 6.45) is 10.4. The predicted octanol–water partition coefficient (Wildman–Crippen LogP) is 1.77. The minimum atomic E-state index is 0.531. The van der Waals surface area contributed by atoms with Crippen LogP contribution < -0.4 is 5.32 Å². The Morgan fingerprint density at radius 3 is 2.35 bits per heavy atom. The van der Waals surface area contributed by atoms with Crippen molar-refractivity contribution in [3.8, 4) is 0 Å². The zero-order valence-corrected chi connectivity index (χ0v) is 10.9. The lowest BCUT2D eigenvalue weighted by Gasteiger charge is -2.41. The topological polar surface area (TPSA) is 24.5 Å². The minimum absolute atomic E-state index is 0.531. The fourth-order valence-corrected chi connectivity index (χ4v) is 3.36. The Balaban J connectivity index is 1.47. The summed E-state index contributed by atoms with van der Waals surface area (Å²) in [5.41, 5.74) is 0. The van der Waals surface area contributed by atoms with Crippen LogP contribution in [0.15, 0.2) is 0 Å². The van der Waals surface area contributed by atoms with Gasteiger partial charge in [0.1, 0.15) is 0 Å². The molecular weight excluding hydrogens is 212 g/mol. The molecule has 1 N–H and O–H groups in total. The van der Waals surface area contributed by atoms with Crippen LogP contribution in [0.3, 0.4) is 0 Å². The largest absolute Gasteiger partial charge is 0.374 e. The van der Waals surface area contributed by atoms with Crippen LogP contribution >= 0.6 is 0 Å². The first-order chi connectivity index (χ1) is 8.42. The molecule has 2 heterocycles. The molecule has 0 amide bonds. The second-order valence-corrected chi connectivity index (χ2v) is 5.93. The van der Waals surface area contributed by atoms with E-state index in [1.165, 1.54) is 71.1 Å². The molecule has 1 aliphatic carbocycles. The van der Waals surface area contributed by atoms with Crippen molar-refractivity contribution in [2.75, 3.05) is 26.2 Å². The van der Waals surface area contributed by atoms with Crippen LogP contribution in [0.5, 0.6) is 0 Å². The number of nitrogens with zero attached hydrogens (tertiary/aromatic N) is 1. The van der Waals surface area contributed by atoms with Crippen molar-refractivity contribution in [2.24, 2.45) is 0 Å².